The highest BCUT2D eigenvalue weighted by atomic mass is 35.5. The third kappa shape index (κ3) is 2.63. The first-order valence-corrected chi connectivity index (χ1v) is 7.85. The van der Waals surface area contributed by atoms with Gasteiger partial charge >= 0.3 is 0 Å². The van der Waals surface area contributed by atoms with Gasteiger partial charge in [0, 0.05) is 24.2 Å². The van der Waals surface area contributed by atoms with Crippen LogP contribution in [-0.2, 0) is 15.0 Å². The van der Waals surface area contributed by atoms with E-state index in [1.807, 2.05) is 26.0 Å². The van der Waals surface area contributed by atoms with E-state index in [9.17, 15) is 9.59 Å². The number of carbonyl (C=O) groups excluding carboxylic acids is 2. The van der Waals surface area contributed by atoms with E-state index in [4.69, 9.17) is 11.6 Å². The minimum atomic E-state index is -0.782. The van der Waals surface area contributed by atoms with E-state index in [0.717, 1.165) is 23.2 Å². The van der Waals surface area contributed by atoms with Crippen LogP contribution in [0.25, 0.3) is 0 Å². The first-order valence-electron chi connectivity index (χ1n) is 7.47. The zero-order valence-electron chi connectivity index (χ0n) is 13.1. The summed E-state index contributed by atoms with van der Waals surface area (Å²) < 4.78 is 0. The molecule has 2 rings (SSSR count). The monoisotopic (exact) mass is 320 g/mol. The van der Waals surface area contributed by atoms with Gasteiger partial charge in [0.2, 0.25) is 11.8 Å². The number of halogens is 1. The Morgan fingerprint density at radius 3 is 2.77 bits per heavy atom. The van der Waals surface area contributed by atoms with Crippen LogP contribution < -0.4 is 10.6 Å². The van der Waals surface area contributed by atoms with Crippen LogP contribution >= 0.6 is 11.6 Å². The maximum Gasteiger partial charge on any atom is 0.239 e. The van der Waals surface area contributed by atoms with Crippen LogP contribution in [0.5, 0.6) is 0 Å². The molecule has 5 heteroatoms. The smallest absolute Gasteiger partial charge is 0.239 e. The predicted octanol–water partition coefficient (Wildman–Crippen LogP) is 3.41. The van der Waals surface area contributed by atoms with Gasteiger partial charge in [-0.05, 0) is 37.5 Å². The van der Waals surface area contributed by atoms with E-state index in [1.54, 1.807) is 19.2 Å². The highest BCUT2D eigenvalue weighted by Crippen LogP contribution is 2.47. The van der Waals surface area contributed by atoms with E-state index in [2.05, 4.69) is 10.6 Å². The molecule has 0 fully saturated rings. The van der Waals surface area contributed by atoms with Crippen molar-refractivity contribution in [3.63, 3.8) is 0 Å². The third-order valence-electron chi connectivity index (χ3n) is 4.36. The fourth-order valence-corrected chi connectivity index (χ4v) is 3.42. The highest BCUT2D eigenvalue weighted by molar-refractivity contribution is 6.31. The van der Waals surface area contributed by atoms with Crippen LogP contribution in [0, 0.1) is 0 Å². The number of anilines is 1. The lowest BCUT2D eigenvalue weighted by molar-refractivity contribution is -0.122. The third-order valence-corrected chi connectivity index (χ3v) is 4.60. The largest absolute Gasteiger partial charge is 0.359 e. The molecule has 22 heavy (non-hydrogen) atoms. The molecule has 4 nitrogen and oxygen atoms in total. The maximum absolute atomic E-state index is 12.8. The maximum atomic E-state index is 12.8. The molecule has 0 saturated heterocycles. The topological polar surface area (TPSA) is 58.2 Å². The van der Waals surface area contributed by atoms with Gasteiger partial charge in [-0.2, -0.15) is 0 Å². The van der Waals surface area contributed by atoms with Gasteiger partial charge in [-0.3, -0.25) is 9.59 Å². The van der Waals surface area contributed by atoms with E-state index >= 15 is 0 Å². The van der Waals surface area contributed by atoms with Crippen LogP contribution in [0.1, 0.15) is 38.7 Å². The van der Waals surface area contributed by atoms with Crippen molar-refractivity contribution in [2.45, 2.75) is 38.5 Å². The van der Waals surface area contributed by atoms with Crippen molar-refractivity contribution >= 4 is 29.1 Å². The van der Waals surface area contributed by atoms with Crippen molar-refractivity contribution < 1.29 is 9.59 Å². The molecule has 0 unspecified atom stereocenters. The summed E-state index contributed by atoms with van der Waals surface area (Å²) in [6, 6.07) is 5.44. The minimum Gasteiger partial charge on any atom is -0.359 e. The molecule has 1 aromatic carbocycles. The molecule has 1 heterocycles. The molecular weight excluding hydrogens is 300 g/mol. The second kappa shape index (κ2) is 6.53. The molecule has 0 aliphatic carbocycles. The van der Waals surface area contributed by atoms with Crippen LogP contribution in [0.15, 0.2) is 29.8 Å². The quantitative estimate of drug-likeness (QED) is 0.817. The summed E-state index contributed by atoms with van der Waals surface area (Å²) >= 11 is 6.03. The lowest BCUT2D eigenvalue weighted by Gasteiger charge is -2.30. The Bertz CT molecular complexity index is 640. The molecule has 1 aromatic rings. The number of benzene rings is 1. The molecule has 1 atom stereocenters. The van der Waals surface area contributed by atoms with Gasteiger partial charge in [-0.25, -0.2) is 0 Å². The molecule has 1 aliphatic rings. The van der Waals surface area contributed by atoms with Crippen molar-refractivity contribution in [2.24, 2.45) is 0 Å². The Labute approximate surface area is 135 Å². The lowest BCUT2D eigenvalue weighted by Crippen LogP contribution is -2.38. The molecule has 0 aromatic heterocycles. The van der Waals surface area contributed by atoms with Crippen molar-refractivity contribution in [1.82, 2.24) is 5.32 Å². The molecule has 0 radical (unpaired) electrons. The van der Waals surface area contributed by atoms with Crippen molar-refractivity contribution in [1.29, 1.82) is 0 Å². The summed E-state index contributed by atoms with van der Waals surface area (Å²) in [7, 11) is 1.60. The molecule has 2 amide bonds. The van der Waals surface area contributed by atoms with E-state index in [0.29, 0.717) is 17.9 Å². The van der Waals surface area contributed by atoms with Crippen molar-refractivity contribution in [2.75, 3.05) is 12.4 Å². The van der Waals surface area contributed by atoms with Crippen molar-refractivity contribution in [3.8, 4) is 0 Å². The first kappa shape index (κ1) is 16.6. The van der Waals surface area contributed by atoms with Crippen LogP contribution in [0.4, 0.5) is 5.69 Å². The van der Waals surface area contributed by atoms with E-state index in [1.165, 1.54) is 0 Å². The Hall–Kier alpha value is -1.81. The Morgan fingerprint density at radius 2 is 2.18 bits per heavy atom. The van der Waals surface area contributed by atoms with Crippen LogP contribution in [-0.4, -0.2) is 18.9 Å². The summed E-state index contributed by atoms with van der Waals surface area (Å²) in [5.41, 5.74) is 1.88. The van der Waals surface area contributed by atoms with Crippen LogP contribution in [0.3, 0.4) is 0 Å². The molecule has 118 valence electrons. The lowest BCUT2D eigenvalue weighted by atomic mass is 9.70. The van der Waals surface area contributed by atoms with Crippen molar-refractivity contribution in [3.05, 3.63) is 40.4 Å². The predicted molar refractivity (Wildman–Crippen MR) is 89.1 cm³/mol. The van der Waals surface area contributed by atoms with Gasteiger partial charge in [-0.1, -0.05) is 36.2 Å². The summed E-state index contributed by atoms with van der Waals surface area (Å²) in [5.74, 6) is -0.148. The number of hydrogen-bond donors (Lipinski definition) is 2. The highest BCUT2D eigenvalue weighted by Gasteiger charge is 2.48. The van der Waals surface area contributed by atoms with E-state index in [-0.39, 0.29) is 11.8 Å². The molecule has 0 spiro atoms. The summed E-state index contributed by atoms with van der Waals surface area (Å²) in [5, 5.41) is 6.12. The summed E-state index contributed by atoms with van der Waals surface area (Å²) in [4.78, 5) is 24.5. The average molecular weight is 321 g/mol. The molecule has 0 bridgehead atoms. The van der Waals surface area contributed by atoms with Crippen LogP contribution in [0.2, 0.25) is 5.02 Å². The number of amides is 2. The minimum absolute atomic E-state index is 0.0684. The second-order valence-electron chi connectivity index (χ2n) is 5.39. The zero-order chi connectivity index (χ0) is 16.3. The van der Waals surface area contributed by atoms with Gasteiger partial charge in [0.05, 0.1) is 5.41 Å². The molecule has 2 N–H and O–H groups in total. The zero-order valence-corrected chi connectivity index (χ0v) is 13.9. The molecule has 0 saturated carbocycles. The Balaban J connectivity index is 2.54. The van der Waals surface area contributed by atoms with Gasteiger partial charge in [0.1, 0.15) is 0 Å². The fraction of sp³-hybridized carbons (Fsp3) is 0.412. The Kier molecular flexibility index (Phi) is 4.91. The van der Waals surface area contributed by atoms with Gasteiger partial charge < -0.3 is 10.6 Å². The van der Waals surface area contributed by atoms with Gasteiger partial charge in [0.25, 0.3) is 0 Å². The number of allylic oxidation sites excluding steroid dienone is 1. The van der Waals surface area contributed by atoms with E-state index < -0.39 is 5.41 Å². The fourth-order valence-electron chi connectivity index (χ4n) is 3.25. The standard InChI is InChI=1S/C17H21ClN2O2/c1-4-11(5-2)17(9-8-15(21)19-3)13-7-6-12(18)10-14(13)20-16(17)22/h4,6-7,10H,5,8-9H2,1-3H3,(H,19,21)(H,20,22)/b11-4+/t17-/m0/s1. The number of carbonyl (C=O) groups is 2. The number of nitrogens with one attached hydrogen (secondary N) is 2. The molecule has 1 aliphatic heterocycles. The first-order chi connectivity index (χ1) is 10.5. The molecular formula is C17H21ClN2O2. The normalized spacial score (nSPS) is 20.5. The second-order valence-corrected chi connectivity index (χ2v) is 5.83. The van der Waals surface area contributed by atoms with Gasteiger partial charge in [0.15, 0.2) is 0 Å². The SMILES string of the molecule is C/C=C(\CC)[C@]1(CCC(=O)NC)C(=O)Nc2cc(Cl)ccc21. The van der Waals surface area contributed by atoms with Gasteiger partial charge in [-0.15, -0.1) is 0 Å². The number of rotatable bonds is 5. The summed E-state index contributed by atoms with van der Waals surface area (Å²) in [6.07, 6.45) is 3.47. The number of fused-ring (bicyclic) bond motifs is 1. The number of hydrogen-bond acceptors (Lipinski definition) is 2. The Morgan fingerprint density at radius 1 is 1.45 bits per heavy atom. The average Bonchev–Trinajstić information content (AvgIpc) is 2.78. The summed E-state index contributed by atoms with van der Waals surface area (Å²) in [6.45, 7) is 3.96.